The fourth-order valence-electron chi connectivity index (χ4n) is 2.29. The van der Waals surface area contributed by atoms with Crippen LogP contribution in [0.4, 0.5) is 0 Å². The third kappa shape index (κ3) is 7.27. The highest BCUT2D eigenvalue weighted by Crippen LogP contribution is 2.18. The molecule has 0 spiro atoms. The largest absolute Gasteiger partial charge is 0.489 e. The average Bonchev–Trinajstić information content (AvgIpc) is 3.18. The van der Waals surface area contributed by atoms with Gasteiger partial charge < -0.3 is 19.8 Å². The molecule has 26 heavy (non-hydrogen) atoms. The predicted molar refractivity (Wildman–Crippen MR) is 110 cm³/mol. The smallest absolute Gasteiger partial charge is 0.191 e. The minimum atomic E-state index is 0.487. The molecule has 1 aromatic carbocycles. The topological polar surface area (TPSA) is 58.8 Å². The van der Waals surface area contributed by atoms with Gasteiger partial charge in [0.2, 0.25) is 0 Å². The molecule has 0 unspecified atom stereocenters. The maximum Gasteiger partial charge on any atom is 0.191 e. The van der Waals surface area contributed by atoms with Crippen LogP contribution in [0.15, 0.2) is 64.7 Å². The van der Waals surface area contributed by atoms with E-state index in [1.165, 1.54) is 0 Å². The van der Waals surface area contributed by atoms with E-state index in [-0.39, 0.29) is 0 Å². The first-order valence-corrected chi connectivity index (χ1v) is 10.1. The Bertz CT molecular complexity index is 671. The second kappa shape index (κ2) is 12.1. The Morgan fingerprint density at radius 1 is 1.23 bits per heavy atom. The van der Waals surface area contributed by atoms with Gasteiger partial charge in [-0.05, 0) is 24.5 Å². The van der Waals surface area contributed by atoms with Crippen molar-refractivity contribution in [2.45, 2.75) is 13.0 Å². The minimum absolute atomic E-state index is 0.487. The van der Waals surface area contributed by atoms with E-state index in [0.717, 1.165) is 48.3 Å². The maximum absolute atomic E-state index is 5.70. The number of aliphatic imine (C=N–C) groups is 1. The van der Waals surface area contributed by atoms with Crippen molar-refractivity contribution in [1.82, 2.24) is 10.6 Å². The van der Waals surface area contributed by atoms with Crippen molar-refractivity contribution in [2.75, 3.05) is 31.7 Å². The lowest BCUT2D eigenvalue weighted by Crippen LogP contribution is -2.39. The molecule has 0 amide bonds. The minimum Gasteiger partial charge on any atom is -0.489 e. The number of rotatable bonds is 11. The zero-order chi connectivity index (χ0) is 18.5. The van der Waals surface area contributed by atoms with Gasteiger partial charge in [-0.2, -0.15) is 11.8 Å². The molecule has 0 saturated carbocycles. The fourth-order valence-corrected chi connectivity index (χ4v) is 2.60. The zero-order valence-electron chi connectivity index (χ0n) is 15.2. The molecular formula is C20H27N3O2S. The summed E-state index contributed by atoms with van der Waals surface area (Å²) < 4.78 is 11.1. The molecular weight excluding hydrogens is 346 g/mol. The van der Waals surface area contributed by atoms with E-state index in [0.29, 0.717) is 13.2 Å². The van der Waals surface area contributed by atoms with Gasteiger partial charge in [0.1, 0.15) is 18.1 Å². The van der Waals surface area contributed by atoms with Gasteiger partial charge in [0.15, 0.2) is 5.96 Å². The van der Waals surface area contributed by atoms with Crippen molar-refractivity contribution >= 4 is 17.7 Å². The van der Waals surface area contributed by atoms with Crippen LogP contribution in [0.1, 0.15) is 11.3 Å². The molecule has 0 atom stereocenters. The van der Waals surface area contributed by atoms with Crippen LogP contribution in [0, 0.1) is 0 Å². The van der Waals surface area contributed by atoms with E-state index in [9.17, 15) is 0 Å². The number of nitrogens with zero attached hydrogens (tertiary/aromatic N) is 1. The lowest BCUT2D eigenvalue weighted by Gasteiger charge is -2.13. The van der Waals surface area contributed by atoms with Crippen molar-refractivity contribution in [1.29, 1.82) is 0 Å². The summed E-state index contributed by atoms with van der Waals surface area (Å²) in [5.74, 6) is 3.63. The lowest BCUT2D eigenvalue weighted by atomic mass is 10.2. The molecule has 0 aliphatic heterocycles. The lowest BCUT2D eigenvalue weighted by molar-refractivity contribution is 0.359. The third-order valence-electron chi connectivity index (χ3n) is 3.58. The van der Waals surface area contributed by atoms with Crippen LogP contribution in [0.2, 0.25) is 0 Å². The van der Waals surface area contributed by atoms with Gasteiger partial charge in [0.25, 0.3) is 0 Å². The van der Waals surface area contributed by atoms with E-state index in [1.54, 1.807) is 24.1 Å². The van der Waals surface area contributed by atoms with Crippen LogP contribution >= 0.6 is 11.8 Å². The molecule has 140 valence electrons. The van der Waals surface area contributed by atoms with E-state index >= 15 is 0 Å². The molecule has 0 aliphatic rings. The second-order valence-electron chi connectivity index (χ2n) is 5.55. The monoisotopic (exact) mass is 373 g/mol. The van der Waals surface area contributed by atoms with Gasteiger partial charge in [-0.25, -0.2) is 4.99 Å². The number of guanidine groups is 1. The summed E-state index contributed by atoms with van der Waals surface area (Å²) in [5, 5.41) is 6.73. The molecule has 2 aromatic rings. The number of furan rings is 1. The molecule has 1 heterocycles. The first-order chi connectivity index (χ1) is 12.8. The molecule has 5 nitrogen and oxygen atoms in total. The number of hydrogen-bond donors (Lipinski definition) is 2. The maximum atomic E-state index is 5.70. The predicted octanol–water partition coefficient (Wildman–Crippen LogP) is 3.49. The van der Waals surface area contributed by atoms with Crippen molar-refractivity contribution in [3.8, 4) is 5.75 Å². The van der Waals surface area contributed by atoms with Crippen molar-refractivity contribution < 1.29 is 9.15 Å². The summed E-state index contributed by atoms with van der Waals surface area (Å²) in [6, 6.07) is 11.8. The fraction of sp³-hybridized carbons (Fsp3) is 0.350. The molecule has 1 aromatic heterocycles. The van der Waals surface area contributed by atoms with Gasteiger partial charge >= 0.3 is 0 Å². The molecule has 2 N–H and O–H groups in total. The number of para-hydroxylation sites is 1. The number of hydrogen-bond acceptors (Lipinski definition) is 4. The summed E-state index contributed by atoms with van der Waals surface area (Å²) in [5.41, 5.74) is 1.05. The number of ether oxygens (including phenoxy) is 1. The molecule has 0 aliphatic carbocycles. The van der Waals surface area contributed by atoms with Crippen molar-refractivity contribution in [3.05, 3.63) is 66.6 Å². The zero-order valence-corrected chi connectivity index (χ0v) is 16.1. The average molecular weight is 374 g/mol. The molecule has 0 bridgehead atoms. The van der Waals surface area contributed by atoms with Crippen LogP contribution in [0.25, 0.3) is 0 Å². The molecule has 0 radical (unpaired) electrons. The van der Waals surface area contributed by atoms with Gasteiger partial charge in [0, 0.05) is 30.8 Å². The standard InChI is InChI=1S/C20H27N3O2S/c1-3-13-25-19-9-5-4-7-17(19)16-23-20(22-12-15-26-2)21-11-10-18-8-6-14-24-18/h3-9,14H,1,10-13,15-16H2,2H3,(H2,21,22,23). The van der Waals surface area contributed by atoms with Crippen molar-refractivity contribution in [3.63, 3.8) is 0 Å². The van der Waals surface area contributed by atoms with Crippen LogP contribution in [-0.4, -0.2) is 37.7 Å². The van der Waals surface area contributed by atoms with Crippen molar-refractivity contribution in [2.24, 2.45) is 4.99 Å². The van der Waals surface area contributed by atoms with Gasteiger partial charge in [-0.1, -0.05) is 30.9 Å². The Labute approximate surface area is 159 Å². The van der Waals surface area contributed by atoms with Crippen LogP contribution in [0.3, 0.4) is 0 Å². The van der Waals surface area contributed by atoms with E-state index in [4.69, 9.17) is 14.1 Å². The Morgan fingerprint density at radius 2 is 2.08 bits per heavy atom. The highest BCUT2D eigenvalue weighted by atomic mass is 32.2. The van der Waals surface area contributed by atoms with E-state index in [1.807, 2.05) is 36.4 Å². The highest BCUT2D eigenvalue weighted by Gasteiger charge is 2.04. The first kappa shape index (κ1) is 20.0. The van der Waals surface area contributed by atoms with Gasteiger partial charge in [-0.15, -0.1) is 0 Å². The Morgan fingerprint density at radius 3 is 2.85 bits per heavy atom. The number of benzene rings is 1. The summed E-state index contributed by atoms with van der Waals surface area (Å²) in [7, 11) is 0. The molecule has 0 fully saturated rings. The summed E-state index contributed by atoms with van der Waals surface area (Å²) >= 11 is 1.80. The Kier molecular flexibility index (Phi) is 9.29. The SMILES string of the molecule is C=CCOc1ccccc1CN=C(NCCSC)NCCc1ccco1. The highest BCUT2D eigenvalue weighted by molar-refractivity contribution is 7.98. The van der Waals surface area contributed by atoms with E-state index in [2.05, 4.69) is 23.5 Å². The normalized spacial score (nSPS) is 11.2. The van der Waals surface area contributed by atoms with Crippen LogP contribution < -0.4 is 15.4 Å². The molecule has 0 saturated heterocycles. The summed E-state index contributed by atoms with van der Waals surface area (Å²) in [6.45, 7) is 6.35. The summed E-state index contributed by atoms with van der Waals surface area (Å²) in [4.78, 5) is 4.70. The van der Waals surface area contributed by atoms with Crippen LogP contribution in [0.5, 0.6) is 5.75 Å². The third-order valence-corrected chi connectivity index (χ3v) is 4.19. The Hall–Kier alpha value is -2.34. The molecule has 6 heteroatoms. The quantitative estimate of drug-likeness (QED) is 0.273. The number of thioether (sulfide) groups is 1. The van der Waals surface area contributed by atoms with Gasteiger partial charge in [0.05, 0.1) is 12.8 Å². The summed E-state index contributed by atoms with van der Waals surface area (Å²) in [6.07, 6.45) is 6.35. The molecule has 2 rings (SSSR count). The van der Waals surface area contributed by atoms with Crippen LogP contribution in [-0.2, 0) is 13.0 Å². The van der Waals surface area contributed by atoms with E-state index < -0.39 is 0 Å². The second-order valence-corrected chi connectivity index (χ2v) is 6.53. The Balaban J connectivity index is 1.95. The number of nitrogens with one attached hydrogen (secondary N) is 2. The van der Waals surface area contributed by atoms with Gasteiger partial charge in [-0.3, -0.25) is 0 Å². The first-order valence-electron chi connectivity index (χ1n) is 8.68.